The van der Waals surface area contributed by atoms with Gasteiger partial charge in [-0.05, 0) is 31.4 Å². The molecule has 0 radical (unpaired) electrons. The third-order valence-corrected chi connectivity index (χ3v) is 4.69. The second kappa shape index (κ2) is 6.70. The quantitative estimate of drug-likeness (QED) is 0.928. The van der Waals surface area contributed by atoms with E-state index >= 15 is 0 Å². The van der Waals surface area contributed by atoms with E-state index in [-0.39, 0.29) is 18.4 Å². The van der Waals surface area contributed by atoms with E-state index in [9.17, 15) is 9.59 Å². The van der Waals surface area contributed by atoms with Gasteiger partial charge in [0.05, 0.1) is 29.1 Å². The van der Waals surface area contributed by atoms with Crippen LogP contribution < -0.4 is 0 Å². The summed E-state index contributed by atoms with van der Waals surface area (Å²) in [5.74, 6) is -1.33. The molecular weight excluding hydrogens is 318 g/mol. The number of aromatic nitrogens is 2. The van der Waals surface area contributed by atoms with Crippen molar-refractivity contribution in [2.24, 2.45) is 5.92 Å². The molecule has 132 valence electrons. The van der Waals surface area contributed by atoms with Crippen LogP contribution in [0, 0.1) is 12.8 Å². The van der Waals surface area contributed by atoms with Crippen molar-refractivity contribution in [3.8, 4) is 5.69 Å². The highest BCUT2D eigenvalue weighted by Crippen LogP contribution is 2.26. The van der Waals surface area contributed by atoms with Gasteiger partial charge in [-0.2, -0.15) is 5.10 Å². The van der Waals surface area contributed by atoms with Crippen molar-refractivity contribution in [3.05, 3.63) is 47.3 Å². The minimum Gasteiger partial charge on any atom is -0.481 e. The molecule has 0 spiro atoms. The third kappa shape index (κ3) is 3.29. The van der Waals surface area contributed by atoms with Gasteiger partial charge in [-0.3, -0.25) is 9.59 Å². The van der Waals surface area contributed by atoms with Crippen molar-refractivity contribution in [1.82, 2.24) is 14.7 Å². The lowest BCUT2D eigenvalue weighted by Crippen LogP contribution is -2.30. The first kappa shape index (κ1) is 17.2. The smallest absolute Gasteiger partial charge is 0.308 e. The van der Waals surface area contributed by atoms with Gasteiger partial charge in [0.1, 0.15) is 0 Å². The molecule has 1 aliphatic rings. The zero-order valence-corrected chi connectivity index (χ0v) is 14.8. The SMILES string of the molecule is Cc1ccc(-n2ncc(C(=O)N3CC[C@H](C(=O)O)C3)c2C(C)C)cc1. The average Bonchev–Trinajstić information content (AvgIpc) is 3.22. The largest absolute Gasteiger partial charge is 0.481 e. The second-order valence-electron chi connectivity index (χ2n) is 6.92. The molecule has 1 fully saturated rings. The van der Waals surface area contributed by atoms with Crippen molar-refractivity contribution >= 4 is 11.9 Å². The number of benzene rings is 1. The first-order valence-electron chi connectivity index (χ1n) is 8.55. The van der Waals surface area contributed by atoms with Gasteiger partial charge >= 0.3 is 5.97 Å². The number of amides is 1. The molecule has 1 aromatic heterocycles. The summed E-state index contributed by atoms with van der Waals surface area (Å²) >= 11 is 0. The molecular formula is C19H23N3O3. The number of rotatable bonds is 4. The Bertz CT molecular complexity index is 793. The lowest BCUT2D eigenvalue weighted by molar-refractivity contribution is -0.141. The van der Waals surface area contributed by atoms with Crippen LogP contribution in [0.1, 0.15) is 47.8 Å². The number of hydrogen-bond acceptors (Lipinski definition) is 3. The Balaban J connectivity index is 1.93. The molecule has 6 heteroatoms. The highest BCUT2D eigenvalue weighted by Gasteiger charge is 2.33. The summed E-state index contributed by atoms with van der Waals surface area (Å²) in [5.41, 5.74) is 3.49. The highest BCUT2D eigenvalue weighted by atomic mass is 16.4. The van der Waals surface area contributed by atoms with Crippen molar-refractivity contribution < 1.29 is 14.7 Å². The standard InChI is InChI=1S/C19H23N3O3/c1-12(2)17-16(18(23)21-9-8-14(11-21)19(24)25)10-20-22(17)15-6-4-13(3)5-7-15/h4-7,10,12,14H,8-9,11H2,1-3H3,(H,24,25)/t14-/m0/s1. The Hall–Kier alpha value is -2.63. The predicted molar refractivity (Wildman–Crippen MR) is 94.0 cm³/mol. The molecule has 0 unspecified atom stereocenters. The molecule has 2 heterocycles. The summed E-state index contributed by atoms with van der Waals surface area (Å²) in [5, 5.41) is 13.6. The molecule has 3 rings (SSSR count). The van der Waals surface area contributed by atoms with Crippen LogP contribution in [-0.4, -0.2) is 44.8 Å². The van der Waals surface area contributed by atoms with E-state index in [0.29, 0.717) is 18.5 Å². The molecule has 1 atom stereocenters. The lowest BCUT2D eigenvalue weighted by Gasteiger charge is -2.18. The Kier molecular flexibility index (Phi) is 4.61. The minimum absolute atomic E-state index is 0.112. The molecule has 1 N–H and O–H groups in total. The summed E-state index contributed by atoms with van der Waals surface area (Å²) in [6, 6.07) is 8.00. The Morgan fingerprint density at radius 1 is 1.24 bits per heavy atom. The molecule has 1 saturated heterocycles. The molecule has 0 bridgehead atoms. The summed E-state index contributed by atoms with van der Waals surface area (Å²) in [7, 11) is 0. The topological polar surface area (TPSA) is 75.4 Å². The number of carboxylic acid groups (broad SMARTS) is 1. The zero-order chi connectivity index (χ0) is 18.1. The summed E-state index contributed by atoms with van der Waals surface area (Å²) in [6.45, 7) is 6.83. The number of carbonyl (C=O) groups excluding carboxylic acids is 1. The molecule has 1 amide bonds. The van der Waals surface area contributed by atoms with Gasteiger partial charge in [0.2, 0.25) is 0 Å². The number of carbonyl (C=O) groups is 2. The van der Waals surface area contributed by atoms with Crippen molar-refractivity contribution in [3.63, 3.8) is 0 Å². The Labute approximate surface area is 147 Å². The number of likely N-dealkylation sites (tertiary alicyclic amines) is 1. The Morgan fingerprint density at radius 2 is 1.92 bits per heavy atom. The van der Waals surface area contributed by atoms with Gasteiger partial charge in [0, 0.05) is 13.1 Å². The van der Waals surface area contributed by atoms with Crippen molar-refractivity contribution in [2.75, 3.05) is 13.1 Å². The summed E-state index contributed by atoms with van der Waals surface area (Å²) in [6.07, 6.45) is 2.11. The van der Waals surface area contributed by atoms with Crippen LogP contribution in [0.25, 0.3) is 5.69 Å². The molecule has 0 saturated carbocycles. The number of aliphatic carboxylic acids is 1. The maximum atomic E-state index is 12.9. The fraction of sp³-hybridized carbons (Fsp3) is 0.421. The van der Waals surface area contributed by atoms with Crippen LogP contribution in [0.3, 0.4) is 0 Å². The highest BCUT2D eigenvalue weighted by molar-refractivity contribution is 5.96. The van der Waals surface area contributed by atoms with Gasteiger partial charge in [-0.15, -0.1) is 0 Å². The average molecular weight is 341 g/mol. The fourth-order valence-electron chi connectivity index (χ4n) is 3.29. The van der Waals surface area contributed by atoms with Gasteiger partial charge in [-0.1, -0.05) is 31.5 Å². The minimum atomic E-state index is -0.838. The molecule has 1 aliphatic heterocycles. The second-order valence-corrected chi connectivity index (χ2v) is 6.92. The van der Waals surface area contributed by atoms with E-state index < -0.39 is 11.9 Å². The van der Waals surface area contributed by atoms with Crippen LogP contribution in [0.2, 0.25) is 0 Å². The molecule has 1 aromatic carbocycles. The van der Waals surface area contributed by atoms with E-state index in [1.807, 2.05) is 49.7 Å². The molecule has 2 aromatic rings. The number of nitrogens with zero attached hydrogens (tertiary/aromatic N) is 3. The van der Waals surface area contributed by atoms with Crippen LogP contribution >= 0.6 is 0 Å². The van der Waals surface area contributed by atoms with Crippen molar-refractivity contribution in [2.45, 2.75) is 33.1 Å². The van der Waals surface area contributed by atoms with Crippen LogP contribution in [0.4, 0.5) is 0 Å². The van der Waals surface area contributed by atoms with E-state index in [1.54, 1.807) is 11.1 Å². The predicted octanol–water partition coefficient (Wildman–Crippen LogP) is 2.85. The zero-order valence-electron chi connectivity index (χ0n) is 14.8. The van der Waals surface area contributed by atoms with E-state index in [0.717, 1.165) is 16.9 Å². The molecule has 6 nitrogen and oxygen atoms in total. The van der Waals surface area contributed by atoms with Crippen molar-refractivity contribution in [1.29, 1.82) is 0 Å². The van der Waals surface area contributed by atoms with E-state index in [1.165, 1.54) is 0 Å². The van der Waals surface area contributed by atoms with Crippen LogP contribution in [0.5, 0.6) is 0 Å². The van der Waals surface area contributed by atoms with Gasteiger partial charge in [0.25, 0.3) is 5.91 Å². The fourth-order valence-corrected chi connectivity index (χ4v) is 3.29. The lowest BCUT2D eigenvalue weighted by atomic mass is 10.0. The number of hydrogen-bond donors (Lipinski definition) is 1. The Morgan fingerprint density at radius 3 is 2.48 bits per heavy atom. The van der Waals surface area contributed by atoms with Gasteiger partial charge in [0.15, 0.2) is 0 Å². The monoisotopic (exact) mass is 341 g/mol. The first-order chi connectivity index (χ1) is 11.9. The normalized spacial score (nSPS) is 17.3. The maximum absolute atomic E-state index is 12.9. The van der Waals surface area contributed by atoms with E-state index in [4.69, 9.17) is 5.11 Å². The number of aryl methyl sites for hydroxylation is 1. The number of carboxylic acids is 1. The third-order valence-electron chi connectivity index (χ3n) is 4.69. The van der Waals surface area contributed by atoms with Gasteiger partial charge in [-0.25, -0.2) is 4.68 Å². The summed E-state index contributed by atoms with van der Waals surface area (Å²) < 4.78 is 1.81. The van der Waals surface area contributed by atoms with Gasteiger partial charge < -0.3 is 10.0 Å². The molecule has 0 aliphatic carbocycles. The first-order valence-corrected chi connectivity index (χ1v) is 8.55. The van der Waals surface area contributed by atoms with Crippen LogP contribution in [0.15, 0.2) is 30.5 Å². The van der Waals surface area contributed by atoms with Crippen LogP contribution in [-0.2, 0) is 4.79 Å². The maximum Gasteiger partial charge on any atom is 0.308 e. The summed E-state index contributed by atoms with van der Waals surface area (Å²) in [4.78, 5) is 25.7. The van der Waals surface area contributed by atoms with E-state index in [2.05, 4.69) is 5.10 Å². The molecule has 25 heavy (non-hydrogen) atoms.